The largest absolute Gasteiger partial charge is 0.481 e. The lowest BCUT2D eigenvalue weighted by molar-refractivity contribution is -0.142. The maximum absolute atomic E-state index is 10.9. The quantitative estimate of drug-likeness (QED) is 0.832. The Morgan fingerprint density at radius 1 is 1.44 bits per heavy atom. The predicted octanol–water partition coefficient (Wildman–Crippen LogP) is 2.79. The molecule has 1 unspecified atom stereocenters. The normalized spacial score (nSPS) is 19.0. The van der Waals surface area contributed by atoms with Crippen LogP contribution < -0.4 is 0 Å². The maximum Gasteiger partial charge on any atom is 0.303 e. The van der Waals surface area contributed by atoms with Crippen molar-refractivity contribution in [2.75, 3.05) is 19.5 Å². The van der Waals surface area contributed by atoms with Crippen LogP contribution in [-0.2, 0) is 14.9 Å². The standard InChI is InChI=1S/C14H18O3S/c1-10(7-13(15)16)14(8-17-9-14)11-3-5-12(18-2)6-4-11/h3-6,10H,7-9H2,1-2H3,(H,15,16). The Balaban J connectivity index is 2.22. The van der Waals surface area contributed by atoms with E-state index in [4.69, 9.17) is 9.84 Å². The highest BCUT2D eigenvalue weighted by Crippen LogP contribution is 2.41. The zero-order valence-electron chi connectivity index (χ0n) is 10.7. The van der Waals surface area contributed by atoms with Gasteiger partial charge in [-0.05, 0) is 29.9 Å². The van der Waals surface area contributed by atoms with Gasteiger partial charge in [0, 0.05) is 16.7 Å². The van der Waals surface area contributed by atoms with Crippen LogP contribution in [0.1, 0.15) is 18.9 Å². The third kappa shape index (κ3) is 2.40. The number of carbonyl (C=O) groups is 1. The first-order valence-corrected chi connectivity index (χ1v) is 7.25. The maximum atomic E-state index is 10.9. The Bertz CT molecular complexity index is 423. The summed E-state index contributed by atoms with van der Waals surface area (Å²) in [4.78, 5) is 12.1. The summed E-state index contributed by atoms with van der Waals surface area (Å²) in [5.41, 5.74) is 1.08. The van der Waals surface area contributed by atoms with Crippen molar-refractivity contribution in [3.05, 3.63) is 29.8 Å². The number of hydrogen-bond donors (Lipinski definition) is 1. The molecule has 0 saturated carbocycles. The third-order valence-corrected chi connectivity index (χ3v) is 4.55. The summed E-state index contributed by atoms with van der Waals surface area (Å²) >= 11 is 1.71. The van der Waals surface area contributed by atoms with E-state index >= 15 is 0 Å². The Hall–Kier alpha value is -1.00. The van der Waals surface area contributed by atoms with E-state index in [9.17, 15) is 4.79 Å². The van der Waals surface area contributed by atoms with Crippen molar-refractivity contribution >= 4 is 17.7 Å². The fraction of sp³-hybridized carbons (Fsp3) is 0.500. The minimum atomic E-state index is -0.741. The van der Waals surface area contributed by atoms with Crippen LogP contribution in [0.25, 0.3) is 0 Å². The lowest BCUT2D eigenvalue weighted by atomic mass is 9.68. The van der Waals surface area contributed by atoms with Gasteiger partial charge < -0.3 is 9.84 Å². The van der Waals surface area contributed by atoms with Crippen LogP contribution in [-0.4, -0.2) is 30.5 Å². The van der Waals surface area contributed by atoms with Gasteiger partial charge in [-0.3, -0.25) is 4.79 Å². The molecule has 3 nitrogen and oxygen atoms in total. The second kappa shape index (κ2) is 5.33. The van der Waals surface area contributed by atoms with E-state index in [1.807, 2.05) is 13.2 Å². The molecule has 1 saturated heterocycles. The average Bonchev–Trinajstić information content (AvgIpc) is 2.27. The van der Waals surface area contributed by atoms with Crippen molar-refractivity contribution in [1.29, 1.82) is 0 Å². The molecule has 0 radical (unpaired) electrons. The van der Waals surface area contributed by atoms with Crippen molar-refractivity contribution < 1.29 is 14.6 Å². The van der Waals surface area contributed by atoms with E-state index in [0.717, 1.165) is 0 Å². The van der Waals surface area contributed by atoms with Gasteiger partial charge in [-0.15, -0.1) is 11.8 Å². The molecule has 1 aromatic rings. The van der Waals surface area contributed by atoms with Gasteiger partial charge in [0.2, 0.25) is 0 Å². The molecule has 4 heteroatoms. The number of aliphatic carboxylic acids is 1. The third-order valence-electron chi connectivity index (χ3n) is 3.81. The number of rotatable bonds is 5. The summed E-state index contributed by atoms with van der Waals surface area (Å²) in [6.45, 7) is 3.25. The highest BCUT2D eigenvalue weighted by Gasteiger charge is 2.45. The van der Waals surface area contributed by atoms with Crippen molar-refractivity contribution in [3.8, 4) is 0 Å². The van der Waals surface area contributed by atoms with E-state index in [0.29, 0.717) is 13.2 Å². The van der Waals surface area contributed by atoms with Gasteiger partial charge in [0.15, 0.2) is 0 Å². The molecule has 0 bridgehead atoms. The molecule has 1 aliphatic heterocycles. The van der Waals surface area contributed by atoms with Gasteiger partial charge in [-0.1, -0.05) is 19.1 Å². The highest BCUT2D eigenvalue weighted by atomic mass is 32.2. The molecule has 1 N–H and O–H groups in total. The molecule has 18 heavy (non-hydrogen) atoms. The second-order valence-corrected chi connectivity index (χ2v) is 5.76. The van der Waals surface area contributed by atoms with Crippen LogP contribution in [0, 0.1) is 5.92 Å². The number of carboxylic acid groups (broad SMARTS) is 1. The predicted molar refractivity (Wildman–Crippen MR) is 72.1 cm³/mol. The molecule has 0 amide bonds. The zero-order valence-corrected chi connectivity index (χ0v) is 11.5. The van der Waals surface area contributed by atoms with E-state index in [2.05, 4.69) is 24.3 Å². The summed E-state index contributed by atoms with van der Waals surface area (Å²) in [5.74, 6) is -0.654. The molecule has 0 aliphatic carbocycles. The molecule has 98 valence electrons. The zero-order chi connectivity index (χ0) is 13.2. The van der Waals surface area contributed by atoms with E-state index in [-0.39, 0.29) is 17.8 Å². The molecule has 0 aromatic heterocycles. The molecular formula is C14H18O3S. The Labute approximate surface area is 112 Å². The van der Waals surface area contributed by atoms with Crippen LogP contribution >= 0.6 is 11.8 Å². The smallest absolute Gasteiger partial charge is 0.303 e. The van der Waals surface area contributed by atoms with Crippen molar-refractivity contribution in [1.82, 2.24) is 0 Å². The first kappa shape index (κ1) is 13.4. The molecule has 1 fully saturated rings. The number of hydrogen-bond acceptors (Lipinski definition) is 3. The topological polar surface area (TPSA) is 46.5 Å². The molecule has 1 heterocycles. The SMILES string of the molecule is CSc1ccc(C2(C(C)CC(=O)O)COC2)cc1. The van der Waals surface area contributed by atoms with Crippen LogP contribution in [0.5, 0.6) is 0 Å². The second-order valence-electron chi connectivity index (χ2n) is 4.88. The minimum Gasteiger partial charge on any atom is -0.481 e. The van der Waals surface area contributed by atoms with Gasteiger partial charge in [0.05, 0.1) is 13.2 Å². The van der Waals surface area contributed by atoms with Gasteiger partial charge in [0.1, 0.15) is 0 Å². The van der Waals surface area contributed by atoms with Crippen molar-refractivity contribution in [2.24, 2.45) is 5.92 Å². The summed E-state index contributed by atoms with van der Waals surface area (Å²) in [7, 11) is 0. The first-order valence-electron chi connectivity index (χ1n) is 6.02. The van der Waals surface area contributed by atoms with Gasteiger partial charge in [-0.2, -0.15) is 0 Å². The summed E-state index contributed by atoms with van der Waals surface area (Å²) in [6.07, 6.45) is 2.23. The fourth-order valence-electron chi connectivity index (χ4n) is 2.44. The van der Waals surface area contributed by atoms with Crippen LogP contribution in [0.4, 0.5) is 0 Å². The van der Waals surface area contributed by atoms with E-state index in [1.54, 1.807) is 11.8 Å². The lowest BCUT2D eigenvalue weighted by Crippen LogP contribution is -2.52. The van der Waals surface area contributed by atoms with E-state index < -0.39 is 5.97 Å². The number of ether oxygens (including phenoxy) is 1. The number of benzene rings is 1. The Kier molecular flexibility index (Phi) is 3.97. The Morgan fingerprint density at radius 2 is 2.06 bits per heavy atom. The minimum absolute atomic E-state index is 0.0869. The van der Waals surface area contributed by atoms with Gasteiger partial charge >= 0.3 is 5.97 Å². The van der Waals surface area contributed by atoms with Crippen molar-refractivity contribution in [2.45, 2.75) is 23.7 Å². The molecule has 0 spiro atoms. The molecule has 2 rings (SSSR count). The van der Waals surface area contributed by atoms with Gasteiger partial charge in [0.25, 0.3) is 0 Å². The fourth-order valence-corrected chi connectivity index (χ4v) is 2.85. The van der Waals surface area contributed by atoms with Crippen LogP contribution in [0.2, 0.25) is 0 Å². The average molecular weight is 266 g/mol. The summed E-state index contributed by atoms with van der Waals surface area (Å²) < 4.78 is 5.35. The summed E-state index contributed by atoms with van der Waals surface area (Å²) in [5, 5.41) is 8.95. The molecule has 1 atom stereocenters. The summed E-state index contributed by atoms with van der Waals surface area (Å²) in [6, 6.07) is 8.39. The number of carboxylic acids is 1. The van der Waals surface area contributed by atoms with Gasteiger partial charge in [-0.25, -0.2) is 0 Å². The molecule has 1 aromatic carbocycles. The lowest BCUT2D eigenvalue weighted by Gasteiger charge is -2.46. The van der Waals surface area contributed by atoms with Crippen LogP contribution in [0.3, 0.4) is 0 Å². The molecular weight excluding hydrogens is 248 g/mol. The first-order chi connectivity index (χ1) is 8.58. The highest BCUT2D eigenvalue weighted by molar-refractivity contribution is 7.98. The van der Waals surface area contributed by atoms with Crippen molar-refractivity contribution in [3.63, 3.8) is 0 Å². The van der Waals surface area contributed by atoms with E-state index in [1.165, 1.54) is 10.5 Å². The monoisotopic (exact) mass is 266 g/mol. The number of thioether (sulfide) groups is 1. The Morgan fingerprint density at radius 3 is 2.44 bits per heavy atom. The molecule has 1 aliphatic rings. The van der Waals surface area contributed by atoms with Crippen LogP contribution in [0.15, 0.2) is 29.2 Å².